The Morgan fingerprint density at radius 2 is 1.86 bits per heavy atom. The monoisotopic (exact) mass is 314 g/mol. The van der Waals surface area contributed by atoms with E-state index in [1.54, 1.807) is 10.9 Å². The SMILES string of the molecule is C=C=C1C(=S=C)C(C)(C=C)C(C)(C)C2=CCC(C)(C)C(C)C12. The summed E-state index contributed by atoms with van der Waals surface area (Å²) >= 11 is 0. The van der Waals surface area contributed by atoms with E-state index in [0.717, 1.165) is 6.42 Å². The lowest BCUT2D eigenvalue weighted by Crippen LogP contribution is -2.53. The lowest BCUT2D eigenvalue weighted by molar-refractivity contribution is 0.133. The van der Waals surface area contributed by atoms with Crippen LogP contribution < -0.4 is 0 Å². The Morgan fingerprint density at radius 3 is 2.32 bits per heavy atom. The van der Waals surface area contributed by atoms with Crippen LogP contribution in [0.1, 0.15) is 48.0 Å². The van der Waals surface area contributed by atoms with Gasteiger partial charge in [-0.05, 0) is 29.0 Å². The molecule has 0 N–H and O–H groups in total. The zero-order valence-corrected chi connectivity index (χ0v) is 15.9. The van der Waals surface area contributed by atoms with Gasteiger partial charge >= 0.3 is 0 Å². The van der Waals surface area contributed by atoms with E-state index in [1.807, 2.05) is 0 Å². The molecular formula is C21H30S. The highest BCUT2D eigenvalue weighted by Crippen LogP contribution is 2.61. The fraction of sp³-hybridized carbons (Fsp3) is 0.571. The van der Waals surface area contributed by atoms with Crippen molar-refractivity contribution in [3.05, 3.63) is 42.2 Å². The molecule has 2 rings (SSSR count). The van der Waals surface area contributed by atoms with Gasteiger partial charge in [-0.1, -0.05) is 65.8 Å². The molecular weight excluding hydrogens is 284 g/mol. The first-order chi connectivity index (χ1) is 10.1. The van der Waals surface area contributed by atoms with Gasteiger partial charge < -0.3 is 0 Å². The van der Waals surface area contributed by atoms with E-state index >= 15 is 0 Å². The maximum Gasteiger partial charge on any atom is 0.0292 e. The second-order valence-corrected chi connectivity index (χ2v) is 8.91. The zero-order chi connectivity index (χ0) is 16.9. The van der Waals surface area contributed by atoms with Crippen molar-refractivity contribution in [2.24, 2.45) is 28.1 Å². The molecule has 1 saturated carbocycles. The predicted molar refractivity (Wildman–Crippen MR) is 104 cm³/mol. The van der Waals surface area contributed by atoms with Gasteiger partial charge in [-0.25, -0.2) is 0 Å². The lowest BCUT2D eigenvalue weighted by Gasteiger charge is -2.57. The standard InChI is InChI=1S/C21H30S/c1-10-15-17-14(3)19(4,5)13-12-16(17)20(6,7)21(8,11-2)18(15)22-9/h11-12,14,17H,1-2,9,13H2,3-8H3. The third kappa shape index (κ3) is 2.02. The minimum atomic E-state index is -0.122. The molecule has 3 atom stereocenters. The summed E-state index contributed by atoms with van der Waals surface area (Å²) in [5.74, 6) is 5.10. The smallest absolute Gasteiger partial charge is 0.0292 e. The fourth-order valence-electron chi connectivity index (χ4n) is 4.23. The first-order valence-electron chi connectivity index (χ1n) is 8.12. The number of hydrogen-bond acceptors (Lipinski definition) is 0. The molecule has 0 aromatic carbocycles. The van der Waals surface area contributed by atoms with Crippen LogP contribution in [-0.4, -0.2) is 10.7 Å². The van der Waals surface area contributed by atoms with Crippen LogP contribution in [0.25, 0.3) is 0 Å². The van der Waals surface area contributed by atoms with Gasteiger partial charge in [0, 0.05) is 21.8 Å². The van der Waals surface area contributed by atoms with Crippen molar-refractivity contribution in [3.8, 4) is 0 Å². The zero-order valence-electron chi connectivity index (χ0n) is 15.0. The third-order valence-electron chi connectivity index (χ3n) is 6.71. The van der Waals surface area contributed by atoms with Crippen molar-refractivity contribution in [1.82, 2.24) is 0 Å². The molecule has 0 bridgehead atoms. The average Bonchev–Trinajstić information content (AvgIpc) is 2.45. The highest BCUT2D eigenvalue weighted by atomic mass is 32.1. The lowest BCUT2D eigenvalue weighted by atomic mass is 9.47. The Bertz CT molecular complexity index is 645. The molecule has 0 nitrogen and oxygen atoms in total. The third-order valence-corrected chi connectivity index (χ3v) is 7.64. The van der Waals surface area contributed by atoms with Crippen molar-refractivity contribution in [2.45, 2.75) is 48.0 Å². The second-order valence-electron chi connectivity index (χ2n) is 8.21. The Hall–Kier alpha value is -1.04. The Kier molecular flexibility index (Phi) is 4.13. The number of rotatable bonds is 1. The van der Waals surface area contributed by atoms with Crippen molar-refractivity contribution in [2.75, 3.05) is 0 Å². The van der Waals surface area contributed by atoms with E-state index in [9.17, 15) is 0 Å². The van der Waals surface area contributed by atoms with Crippen LogP contribution in [0.2, 0.25) is 0 Å². The molecule has 1 fully saturated rings. The van der Waals surface area contributed by atoms with Crippen molar-refractivity contribution < 1.29 is 0 Å². The Balaban J connectivity index is 2.84. The minimum Gasteiger partial charge on any atom is -0.155 e. The fourth-order valence-corrected chi connectivity index (χ4v) is 5.22. The molecule has 2 aliphatic rings. The summed E-state index contributed by atoms with van der Waals surface area (Å²) in [5.41, 5.74) is 6.26. The van der Waals surface area contributed by atoms with Gasteiger partial charge in [0.15, 0.2) is 0 Å². The van der Waals surface area contributed by atoms with Crippen molar-refractivity contribution in [3.63, 3.8) is 0 Å². The molecule has 0 spiro atoms. The summed E-state index contributed by atoms with van der Waals surface area (Å²) < 4.78 is 0. The van der Waals surface area contributed by atoms with Crippen LogP contribution in [0.15, 0.2) is 42.2 Å². The van der Waals surface area contributed by atoms with Crippen LogP contribution in [0.3, 0.4) is 0 Å². The summed E-state index contributed by atoms with van der Waals surface area (Å²) in [5, 5.41) is 0. The number of allylic oxidation sites excluding steroid dienone is 4. The predicted octanol–water partition coefficient (Wildman–Crippen LogP) is 5.88. The first kappa shape index (κ1) is 17.3. The molecule has 0 amide bonds. The molecule has 0 aliphatic heterocycles. The van der Waals surface area contributed by atoms with E-state index < -0.39 is 0 Å². The Labute approximate surface area is 140 Å². The van der Waals surface area contributed by atoms with Crippen molar-refractivity contribution >= 4 is 21.7 Å². The van der Waals surface area contributed by atoms with Gasteiger partial charge in [0.25, 0.3) is 0 Å². The summed E-state index contributed by atoms with van der Waals surface area (Å²) in [6.07, 6.45) is 5.71. The number of hydrogen-bond donors (Lipinski definition) is 0. The van der Waals surface area contributed by atoms with Gasteiger partial charge in [0.1, 0.15) is 0 Å². The maximum atomic E-state index is 4.15. The van der Waals surface area contributed by atoms with E-state index in [-0.39, 0.29) is 10.8 Å². The summed E-state index contributed by atoms with van der Waals surface area (Å²) in [4.78, 5) is 1.29. The minimum absolute atomic E-state index is 0.0323. The molecule has 0 radical (unpaired) electrons. The van der Waals surface area contributed by atoms with E-state index in [0.29, 0.717) is 17.3 Å². The molecule has 1 heteroatoms. The average molecular weight is 315 g/mol. The number of fused-ring (bicyclic) bond motifs is 1. The van der Waals surface area contributed by atoms with Gasteiger partial charge in [-0.2, -0.15) is 10.9 Å². The normalized spacial score (nSPS) is 36.0. The van der Waals surface area contributed by atoms with Crippen LogP contribution in [-0.2, 0) is 0 Å². The molecule has 120 valence electrons. The summed E-state index contributed by atoms with van der Waals surface area (Å²) in [6, 6.07) is 0. The van der Waals surface area contributed by atoms with Crippen LogP contribution in [0.4, 0.5) is 0 Å². The van der Waals surface area contributed by atoms with Gasteiger partial charge in [0.2, 0.25) is 0 Å². The maximum absolute atomic E-state index is 4.15. The van der Waals surface area contributed by atoms with Crippen LogP contribution in [0, 0.1) is 28.1 Å². The molecule has 0 heterocycles. The van der Waals surface area contributed by atoms with E-state index in [2.05, 4.69) is 78.5 Å². The highest BCUT2D eigenvalue weighted by molar-refractivity contribution is 7.96. The van der Waals surface area contributed by atoms with Gasteiger partial charge in [0.05, 0.1) is 0 Å². The molecule has 0 aromatic heterocycles. The quantitative estimate of drug-likeness (QED) is 0.245. The molecule has 2 aliphatic carbocycles. The molecule has 0 saturated heterocycles. The highest BCUT2D eigenvalue weighted by Gasteiger charge is 2.56. The van der Waals surface area contributed by atoms with E-state index in [4.69, 9.17) is 0 Å². The summed E-state index contributed by atoms with van der Waals surface area (Å²) in [6.45, 7) is 22.3. The van der Waals surface area contributed by atoms with Gasteiger partial charge in [-0.15, -0.1) is 12.3 Å². The molecule has 3 unspecified atom stereocenters. The van der Waals surface area contributed by atoms with Crippen LogP contribution in [0.5, 0.6) is 0 Å². The molecule has 22 heavy (non-hydrogen) atoms. The van der Waals surface area contributed by atoms with Crippen LogP contribution >= 0.6 is 10.9 Å². The Morgan fingerprint density at radius 1 is 1.27 bits per heavy atom. The second kappa shape index (κ2) is 5.25. The summed E-state index contributed by atoms with van der Waals surface area (Å²) in [7, 11) is 1.60. The van der Waals surface area contributed by atoms with Crippen molar-refractivity contribution in [1.29, 1.82) is 0 Å². The topological polar surface area (TPSA) is 0 Å². The van der Waals surface area contributed by atoms with E-state index in [1.165, 1.54) is 16.0 Å². The first-order valence-corrected chi connectivity index (χ1v) is 9.11. The largest absolute Gasteiger partial charge is 0.155 e. The van der Waals surface area contributed by atoms with Gasteiger partial charge in [-0.3, -0.25) is 0 Å². The molecule has 0 aromatic rings.